The van der Waals surface area contributed by atoms with Crippen molar-refractivity contribution in [3.8, 4) is 0 Å². The Hall–Kier alpha value is -1.10. The van der Waals surface area contributed by atoms with E-state index in [1.807, 2.05) is 30.3 Å². The molecule has 0 bridgehead atoms. The van der Waals surface area contributed by atoms with E-state index in [0.29, 0.717) is 5.92 Å². The molecular formula is C13H15F4N. The molecule has 0 heterocycles. The SMILES string of the molecule is FC(F)C(F)(F)CNC1CC(c2ccccc2)C1. The van der Waals surface area contributed by atoms with E-state index in [-0.39, 0.29) is 6.04 Å². The Labute approximate surface area is 103 Å². The fourth-order valence-corrected chi connectivity index (χ4v) is 2.14. The van der Waals surface area contributed by atoms with Gasteiger partial charge in [0.15, 0.2) is 0 Å². The first-order valence-electron chi connectivity index (χ1n) is 5.93. The van der Waals surface area contributed by atoms with Crippen LogP contribution in [0.5, 0.6) is 0 Å². The van der Waals surface area contributed by atoms with Crippen molar-refractivity contribution in [1.29, 1.82) is 0 Å². The van der Waals surface area contributed by atoms with Crippen LogP contribution in [-0.4, -0.2) is 24.9 Å². The molecule has 0 saturated heterocycles. The zero-order chi connectivity index (χ0) is 13.2. The number of hydrogen-bond acceptors (Lipinski definition) is 1. The first-order chi connectivity index (χ1) is 8.49. The Morgan fingerprint density at radius 1 is 1.17 bits per heavy atom. The molecule has 0 spiro atoms. The van der Waals surface area contributed by atoms with Crippen LogP contribution in [-0.2, 0) is 0 Å². The summed E-state index contributed by atoms with van der Waals surface area (Å²) in [4.78, 5) is 0. The van der Waals surface area contributed by atoms with Gasteiger partial charge in [-0.1, -0.05) is 30.3 Å². The van der Waals surface area contributed by atoms with Gasteiger partial charge in [0.2, 0.25) is 0 Å². The van der Waals surface area contributed by atoms with Crippen molar-refractivity contribution in [3.05, 3.63) is 35.9 Å². The van der Waals surface area contributed by atoms with Crippen LogP contribution in [0.4, 0.5) is 17.6 Å². The van der Waals surface area contributed by atoms with Crippen molar-refractivity contribution in [2.75, 3.05) is 6.54 Å². The van der Waals surface area contributed by atoms with Crippen LogP contribution in [0.25, 0.3) is 0 Å². The van der Waals surface area contributed by atoms with Gasteiger partial charge in [-0.25, -0.2) is 8.78 Å². The van der Waals surface area contributed by atoms with Gasteiger partial charge in [0, 0.05) is 6.04 Å². The molecule has 18 heavy (non-hydrogen) atoms. The molecule has 2 rings (SSSR count). The lowest BCUT2D eigenvalue weighted by Crippen LogP contribution is -2.47. The summed E-state index contributed by atoms with van der Waals surface area (Å²) in [5, 5.41) is 2.51. The molecule has 1 aromatic rings. The van der Waals surface area contributed by atoms with Crippen LogP contribution in [0.15, 0.2) is 30.3 Å². The number of nitrogens with one attached hydrogen (secondary N) is 1. The van der Waals surface area contributed by atoms with Gasteiger partial charge in [0.25, 0.3) is 0 Å². The third-order valence-electron chi connectivity index (χ3n) is 3.35. The van der Waals surface area contributed by atoms with Crippen LogP contribution >= 0.6 is 0 Å². The third-order valence-corrected chi connectivity index (χ3v) is 3.35. The molecule has 0 aliphatic heterocycles. The predicted octanol–water partition coefficient (Wildman–Crippen LogP) is 3.42. The van der Waals surface area contributed by atoms with Gasteiger partial charge < -0.3 is 5.32 Å². The minimum absolute atomic E-state index is 0.0835. The highest BCUT2D eigenvalue weighted by molar-refractivity contribution is 5.22. The Balaban J connectivity index is 1.74. The van der Waals surface area contributed by atoms with E-state index < -0.39 is 18.9 Å². The predicted molar refractivity (Wildman–Crippen MR) is 61.2 cm³/mol. The smallest absolute Gasteiger partial charge is 0.308 e. The van der Waals surface area contributed by atoms with Crippen molar-refractivity contribution in [2.45, 2.75) is 37.1 Å². The summed E-state index contributed by atoms with van der Waals surface area (Å²) >= 11 is 0. The minimum Gasteiger partial charge on any atom is -0.308 e. The zero-order valence-electron chi connectivity index (χ0n) is 9.75. The second kappa shape index (κ2) is 5.26. The van der Waals surface area contributed by atoms with E-state index in [2.05, 4.69) is 5.32 Å². The number of rotatable bonds is 5. The molecule has 5 heteroatoms. The van der Waals surface area contributed by atoms with E-state index in [1.54, 1.807) is 0 Å². The maximum atomic E-state index is 12.7. The van der Waals surface area contributed by atoms with Crippen molar-refractivity contribution in [3.63, 3.8) is 0 Å². The molecule has 0 atom stereocenters. The summed E-state index contributed by atoms with van der Waals surface area (Å²) in [6, 6.07) is 9.69. The highest BCUT2D eigenvalue weighted by Crippen LogP contribution is 2.37. The van der Waals surface area contributed by atoms with Gasteiger partial charge in [-0.05, 0) is 24.3 Å². The van der Waals surface area contributed by atoms with E-state index in [4.69, 9.17) is 0 Å². The molecule has 1 fully saturated rings. The van der Waals surface area contributed by atoms with E-state index >= 15 is 0 Å². The summed E-state index contributed by atoms with van der Waals surface area (Å²) in [5.41, 5.74) is 1.18. The summed E-state index contributed by atoms with van der Waals surface area (Å²) < 4.78 is 49.2. The number of halogens is 4. The highest BCUT2D eigenvalue weighted by atomic mass is 19.3. The second-order valence-electron chi connectivity index (χ2n) is 4.72. The van der Waals surface area contributed by atoms with Crippen molar-refractivity contribution < 1.29 is 17.6 Å². The molecule has 0 amide bonds. The van der Waals surface area contributed by atoms with Gasteiger partial charge in [0.05, 0.1) is 6.54 Å². The van der Waals surface area contributed by atoms with E-state index in [1.165, 1.54) is 5.56 Å². The zero-order valence-corrected chi connectivity index (χ0v) is 9.75. The van der Waals surface area contributed by atoms with Crippen LogP contribution in [0, 0.1) is 0 Å². The lowest BCUT2D eigenvalue weighted by atomic mass is 9.76. The van der Waals surface area contributed by atoms with Gasteiger partial charge in [-0.15, -0.1) is 0 Å². The summed E-state index contributed by atoms with van der Waals surface area (Å²) in [6.45, 7) is -0.948. The fraction of sp³-hybridized carbons (Fsp3) is 0.538. The molecule has 1 aliphatic rings. The van der Waals surface area contributed by atoms with Gasteiger partial charge in [-0.3, -0.25) is 0 Å². The van der Waals surface area contributed by atoms with Gasteiger partial charge in [-0.2, -0.15) is 8.78 Å². The first kappa shape index (κ1) is 13.3. The summed E-state index contributed by atoms with van der Waals surface area (Å²) in [5.74, 6) is -3.58. The van der Waals surface area contributed by atoms with E-state index in [0.717, 1.165) is 12.8 Å². The van der Waals surface area contributed by atoms with Crippen molar-refractivity contribution >= 4 is 0 Å². The van der Waals surface area contributed by atoms with Crippen LogP contribution in [0.3, 0.4) is 0 Å². The lowest BCUT2D eigenvalue weighted by molar-refractivity contribution is -0.127. The molecule has 1 aromatic carbocycles. The molecule has 0 unspecified atom stereocenters. The maximum absolute atomic E-state index is 12.7. The van der Waals surface area contributed by atoms with Crippen LogP contribution < -0.4 is 5.32 Å². The average molecular weight is 261 g/mol. The minimum atomic E-state index is -3.93. The first-order valence-corrected chi connectivity index (χ1v) is 5.93. The molecular weight excluding hydrogens is 246 g/mol. The van der Waals surface area contributed by atoms with Crippen LogP contribution in [0.2, 0.25) is 0 Å². The second-order valence-corrected chi connectivity index (χ2v) is 4.72. The average Bonchev–Trinajstić information content (AvgIpc) is 2.28. The quantitative estimate of drug-likeness (QED) is 0.801. The number of alkyl halides is 4. The normalized spacial score (nSPS) is 24.1. The monoisotopic (exact) mass is 261 g/mol. The molecule has 100 valence electrons. The Morgan fingerprint density at radius 3 is 2.33 bits per heavy atom. The summed E-state index contributed by atoms with van der Waals surface area (Å²) in [6.07, 6.45) is -2.15. The third kappa shape index (κ3) is 3.02. The largest absolute Gasteiger partial charge is 0.319 e. The highest BCUT2D eigenvalue weighted by Gasteiger charge is 2.42. The molecule has 0 radical (unpaired) electrons. The van der Waals surface area contributed by atoms with Gasteiger partial charge >= 0.3 is 12.3 Å². The molecule has 1 N–H and O–H groups in total. The van der Waals surface area contributed by atoms with Crippen molar-refractivity contribution in [2.24, 2.45) is 0 Å². The Kier molecular flexibility index (Phi) is 3.90. The fourth-order valence-electron chi connectivity index (χ4n) is 2.14. The Bertz CT molecular complexity index is 374. The molecule has 0 aromatic heterocycles. The van der Waals surface area contributed by atoms with Gasteiger partial charge in [0.1, 0.15) is 0 Å². The Morgan fingerprint density at radius 2 is 1.78 bits per heavy atom. The van der Waals surface area contributed by atoms with E-state index in [9.17, 15) is 17.6 Å². The summed E-state index contributed by atoms with van der Waals surface area (Å²) in [7, 11) is 0. The maximum Gasteiger partial charge on any atom is 0.319 e. The number of hydrogen-bond donors (Lipinski definition) is 1. The lowest BCUT2D eigenvalue weighted by Gasteiger charge is -2.37. The van der Waals surface area contributed by atoms with Crippen molar-refractivity contribution in [1.82, 2.24) is 5.32 Å². The molecule has 1 nitrogen and oxygen atoms in total. The van der Waals surface area contributed by atoms with Crippen LogP contribution in [0.1, 0.15) is 24.3 Å². The topological polar surface area (TPSA) is 12.0 Å². The standard InChI is InChI=1S/C13H15F4N/c14-12(15)13(16,17)8-18-11-6-10(7-11)9-4-2-1-3-5-9/h1-5,10-12,18H,6-8H2. The molecule has 1 aliphatic carbocycles. The molecule has 1 saturated carbocycles. The number of benzene rings is 1.